The molecule has 5 saturated carbocycles. The van der Waals surface area contributed by atoms with Gasteiger partial charge in [-0.2, -0.15) is 13.2 Å². The third-order valence-corrected chi connectivity index (χ3v) is 9.24. The van der Waals surface area contributed by atoms with Crippen LogP contribution >= 0.6 is 0 Å². The zero-order chi connectivity index (χ0) is 22.6. The number of halogens is 3. The zero-order valence-corrected chi connectivity index (χ0v) is 18.7. The minimum atomic E-state index is -4.11. The summed E-state index contributed by atoms with van der Waals surface area (Å²) in [7, 11) is 0. The van der Waals surface area contributed by atoms with Crippen LogP contribution in [0.25, 0.3) is 0 Å². The van der Waals surface area contributed by atoms with Gasteiger partial charge in [0.1, 0.15) is 0 Å². The average Bonchev–Trinajstić information content (AvgIpc) is 2.74. The minimum absolute atomic E-state index is 0.0753. The number of alkyl halides is 3. The molecule has 6 rings (SSSR count). The Morgan fingerprint density at radius 2 is 1.62 bits per heavy atom. The molecule has 5 aliphatic rings. The van der Waals surface area contributed by atoms with Crippen molar-refractivity contribution in [1.82, 2.24) is 5.32 Å². The Hall–Kier alpha value is -1.56. The second-order valence-electron chi connectivity index (χ2n) is 11.3. The van der Waals surface area contributed by atoms with Crippen molar-refractivity contribution in [1.29, 1.82) is 0 Å². The standard InChI is InChI=1S/C26H35F3N2O/c27-26(28,29)11-10-22-17-12-24(19-4-2-1-3-5-19)13-18(22)15-25(14-17,16-24)23(32)31-21-8-6-20(30)7-9-21/h1-5,17-18,20-22H,6-16,30H2,(H,31,32). The van der Waals surface area contributed by atoms with Crippen molar-refractivity contribution in [3.63, 3.8) is 0 Å². The molecule has 0 spiro atoms. The van der Waals surface area contributed by atoms with Crippen molar-refractivity contribution in [2.45, 2.75) is 94.3 Å². The number of nitrogens with one attached hydrogen (secondary N) is 1. The first kappa shape index (κ1) is 22.2. The Morgan fingerprint density at radius 3 is 2.22 bits per heavy atom. The summed E-state index contributed by atoms with van der Waals surface area (Å²) in [5.74, 6) is 0.637. The number of rotatable bonds is 5. The van der Waals surface area contributed by atoms with E-state index in [1.807, 2.05) is 18.2 Å². The van der Waals surface area contributed by atoms with Gasteiger partial charge in [-0.1, -0.05) is 30.3 Å². The summed E-state index contributed by atoms with van der Waals surface area (Å²) in [4.78, 5) is 13.7. The Labute approximate surface area is 188 Å². The number of carbonyl (C=O) groups excluding carboxylic acids is 1. The van der Waals surface area contributed by atoms with Gasteiger partial charge in [0.2, 0.25) is 5.91 Å². The minimum Gasteiger partial charge on any atom is -0.353 e. The van der Waals surface area contributed by atoms with Crippen LogP contribution in [-0.2, 0) is 10.2 Å². The number of hydrogen-bond acceptors (Lipinski definition) is 2. The number of nitrogens with two attached hydrogens (primary N) is 1. The van der Waals surface area contributed by atoms with Gasteiger partial charge >= 0.3 is 6.18 Å². The van der Waals surface area contributed by atoms with Crippen molar-refractivity contribution in [2.75, 3.05) is 0 Å². The molecule has 5 aliphatic carbocycles. The van der Waals surface area contributed by atoms with Gasteiger partial charge in [-0.25, -0.2) is 0 Å². The van der Waals surface area contributed by atoms with E-state index < -0.39 is 18.0 Å². The summed E-state index contributed by atoms with van der Waals surface area (Å²) in [6, 6.07) is 10.8. The molecule has 3 nitrogen and oxygen atoms in total. The maximum absolute atomic E-state index is 13.7. The third kappa shape index (κ3) is 4.08. The fourth-order valence-electron chi connectivity index (χ4n) is 8.04. The lowest BCUT2D eigenvalue weighted by molar-refractivity contribution is -0.167. The van der Waals surface area contributed by atoms with E-state index in [4.69, 9.17) is 5.73 Å². The molecule has 1 aromatic carbocycles. The predicted octanol–water partition coefficient (Wildman–Crippen LogP) is 5.48. The molecule has 1 amide bonds. The molecule has 0 aliphatic heterocycles. The van der Waals surface area contributed by atoms with Crippen LogP contribution in [0.2, 0.25) is 0 Å². The summed E-state index contributed by atoms with van der Waals surface area (Å²) in [5, 5.41) is 3.36. The lowest BCUT2D eigenvalue weighted by Crippen LogP contribution is -2.62. The van der Waals surface area contributed by atoms with Gasteiger partial charge in [0.05, 0.1) is 5.41 Å². The molecule has 1 aromatic rings. The topological polar surface area (TPSA) is 55.1 Å². The van der Waals surface area contributed by atoms with Gasteiger partial charge in [0.15, 0.2) is 0 Å². The molecule has 0 radical (unpaired) electrons. The van der Waals surface area contributed by atoms with E-state index in [1.165, 1.54) is 5.56 Å². The second kappa shape index (κ2) is 8.03. The fourth-order valence-corrected chi connectivity index (χ4v) is 8.04. The van der Waals surface area contributed by atoms with E-state index in [9.17, 15) is 18.0 Å². The fraction of sp³-hybridized carbons (Fsp3) is 0.731. The molecule has 32 heavy (non-hydrogen) atoms. The summed E-state index contributed by atoms with van der Waals surface area (Å²) in [5.41, 5.74) is 6.80. The molecule has 176 valence electrons. The smallest absolute Gasteiger partial charge is 0.353 e. The Morgan fingerprint density at radius 1 is 1.00 bits per heavy atom. The van der Waals surface area contributed by atoms with Gasteiger partial charge < -0.3 is 11.1 Å². The van der Waals surface area contributed by atoms with Crippen molar-refractivity contribution in [2.24, 2.45) is 28.9 Å². The first-order chi connectivity index (χ1) is 15.2. The van der Waals surface area contributed by atoms with Crippen molar-refractivity contribution in [3.05, 3.63) is 35.9 Å². The largest absolute Gasteiger partial charge is 0.389 e. The molecular formula is C26H35F3N2O. The summed E-state index contributed by atoms with van der Waals surface area (Å²) < 4.78 is 39.1. The van der Waals surface area contributed by atoms with Crippen LogP contribution in [-0.4, -0.2) is 24.2 Å². The van der Waals surface area contributed by atoms with Gasteiger partial charge in [-0.05, 0) is 92.9 Å². The molecule has 3 N–H and O–H groups in total. The molecule has 6 heteroatoms. The highest BCUT2D eigenvalue weighted by molar-refractivity contribution is 5.84. The van der Waals surface area contributed by atoms with Gasteiger partial charge in [-0.15, -0.1) is 0 Å². The van der Waals surface area contributed by atoms with Gasteiger partial charge in [0, 0.05) is 18.5 Å². The van der Waals surface area contributed by atoms with Crippen LogP contribution in [0, 0.1) is 23.2 Å². The van der Waals surface area contributed by atoms with Crippen LogP contribution in [0.1, 0.15) is 76.2 Å². The van der Waals surface area contributed by atoms with Crippen LogP contribution < -0.4 is 11.1 Å². The Bertz CT molecular complexity index is 815. The van der Waals surface area contributed by atoms with Crippen LogP contribution in [0.15, 0.2) is 30.3 Å². The molecule has 4 bridgehead atoms. The lowest BCUT2D eigenvalue weighted by atomic mass is 9.39. The van der Waals surface area contributed by atoms with Crippen molar-refractivity contribution in [3.8, 4) is 0 Å². The van der Waals surface area contributed by atoms with E-state index in [0.717, 1.165) is 57.8 Å². The van der Waals surface area contributed by atoms with E-state index in [1.54, 1.807) is 0 Å². The molecule has 2 atom stereocenters. The molecule has 5 fully saturated rings. The highest BCUT2D eigenvalue weighted by atomic mass is 19.4. The normalized spacial score (nSPS) is 40.9. The van der Waals surface area contributed by atoms with E-state index in [2.05, 4.69) is 17.4 Å². The number of carbonyl (C=O) groups is 1. The van der Waals surface area contributed by atoms with E-state index in [0.29, 0.717) is 0 Å². The maximum atomic E-state index is 13.7. The Balaban J connectivity index is 1.40. The summed E-state index contributed by atoms with van der Waals surface area (Å²) in [6.07, 6.45) is 3.30. The first-order valence-corrected chi connectivity index (χ1v) is 12.4. The predicted molar refractivity (Wildman–Crippen MR) is 118 cm³/mol. The van der Waals surface area contributed by atoms with E-state index >= 15 is 0 Å². The third-order valence-electron chi connectivity index (χ3n) is 9.24. The molecular weight excluding hydrogens is 413 g/mol. The SMILES string of the molecule is NC1CCC(NC(=O)C23CC4CC(c5ccccc5)(CC(C2)C4CCC(F)(F)F)C3)CC1. The molecule has 2 unspecified atom stereocenters. The van der Waals surface area contributed by atoms with Crippen molar-refractivity contribution < 1.29 is 18.0 Å². The zero-order valence-electron chi connectivity index (χ0n) is 18.7. The molecule has 0 saturated heterocycles. The average molecular weight is 449 g/mol. The van der Waals surface area contributed by atoms with E-state index in [-0.39, 0.29) is 47.6 Å². The molecule has 0 heterocycles. The highest BCUT2D eigenvalue weighted by Gasteiger charge is 2.64. The first-order valence-electron chi connectivity index (χ1n) is 12.4. The maximum Gasteiger partial charge on any atom is 0.389 e. The lowest BCUT2D eigenvalue weighted by Gasteiger charge is -2.64. The number of hydrogen-bond donors (Lipinski definition) is 2. The quantitative estimate of drug-likeness (QED) is 0.627. The van der Waals surface area contributed by atoms with Crippen LogP contribution in [0.5, 0.6) is 0 Å². The second-order valence-corrected chi connectivity index (χ2v) is 11.3. The highest BCUT2D eigenvalue weighted by Crippen LogP contribution is 2.68. The van der Waals surface area contributed by atoms with Crippen LogP contribution in [0.4, 0.5) is 13.2 Å². The molecule has 0 aromatic heterocycles. The monoisotopic (exact) mass is 448 g/mol. The number of amides is 1. The summed E-state index contributed by atoms with van der Waals surface area (Å²) in [6.45, 7) is 0. The van der Waals surface area contributed by atoms with Crippen LogP contribution in [0.3, 0.4) is 0 Å². The Kier molecular flexibility index (Phi) is 5.58. The summed E-state index contributed by atoms with van der Waals surface area (Å²) >= 11 is 0. The van der Waals surface area contributed by atoms with Gasteiger partial charge in [-0.3, -0.25) is 4.79 Å². The number of benzene rings is 1. The van der Waals surface area contributed by atoms with Gasteiger partial charge in [0.25, 0.3) is 0 Å². The van der Waals surface area contributed by atoms with Crippen molar-refractivity contribution >= 4 is 5.91 Å².